The molecule has 0 aromatic rings. The number of nitrogens with two attached hydrogens (primary N) is 1. The lowest BCUT2D eigenvalue weighted by Gasteiger charge is -1.82. The van der Waals surface area contributed by atoms with E-state index in [1.165, 1.54) is 11.8 Å². The second-order valence-electron chi connectivity index (χ2n) is 1.75. The Kier molecular flexibility index (Phi) is 4.13. The van der Waals surface area contributed by atoms with Gasteiger partial charge in [-0.1, -0.05) is 11.8 Å². The van der Waals surface area contributed by atoms with Gasteiger partial charge >= 0.3 is 0 Å². The third kappa shape index (κ3) is 5.36. The smallest absolute Gasteiger partial charge is 0.284 e. The number of nitrogens with zero attached hydrogens (tertiary/aromatic N) is 2. The molecule has 0 aliphatic rings. The lowest BCUT2D eigenvalue weighted by molar-refractivity contribution is -0.460. The highest BCUT2D eigenvalue weighted by molar-refractivity contribution is 8.13. The summed E-state index contributed by atoms with van der Waals surface area (Å²) in [5, 5.41) is 0.587. The number of aliphatic imine (C=N–C) groups is 1. The molecule has 52 valence electrons. The average molecular weight is 146 g/mol. The van der Waals surface area contributed by atoms with Gasteiger partial charge in [0, 0.05) is 0 Å². The molecule has 0 spiro atoms. The predicted octanol–water partition coefficient (Wildman–Crippen LogP) is -0.0355. The zero-order chi connectivity index (χ0) is 7.28. The van der Waals surface area contributed by atoms with Gasteiger partial charge in [-0.05, 0) is 11.2 Å². The maximum Gasteiger partial charge on any atom is 0.284 e. The molecule has 0 bridgehead atoms. The first-order valence-corrected chi connectivity index (χ1v) is 3.76. The lowest BCUT2D eigenvalue weighted by atomic mass is 11.0. The standard InChI is InChI=1S/C5H11N3S/c1-8(2)4-7-5(6)9-3/h4,6H,1-3H3/p+1. The molecule has 0 aromatic heterocycles. The number of hydrogen-bond donors (Lipinski definition) is 1. The van der Waals surface area contributed by atoms with Crippen LogP contribution in [-0.2, 0) is 0 Å². The van der Waals surface area contributed by atoms with E-state index in [9.17, 15) is 0 Å². The van der Waals surface area contributed by atoms with Crippen LogP contribution in [-0.4, -0.2) is 36.4 Å². The third-order valence-electron chi connectivity index (χ3n) is 0.625. The summed E-state index contributed by atoms with van der Waals surface area (Å²) in [6.07, 6.45) is 3.56. The van der Waals surface area contributed by atoms with Crippen molar-refractivity contribution in [3.05, 3.63) is 0 Å². The second kappa shape index (κ2) is 4.38. The minimum absolute atomic E-state index is 0.587. The molecule has 0 rings (SSSR count). The molecule has 0 atom stereocenters. The lowest BCUT2D eigenvalue weighted by Crippen LogP contribution is -2.07. The van der Waals surface area contributed by atoms with Crippen molar-refractivity contribution in [2.45, 2.75) is 0 Å². The van der Waals surface area contributed by atoms with E-state index in [4.69, 9.17) is 5.73 Å². The quantitative estimate of drug-likeness (QED) is 0.320. The number of rotatable bonds is 1. The van der Waals surface area contributed by atoms with Crippen molar-refractivity contribution in [3.8, 4) is 0 Å². The number of thioether (sulfide) groups is 1. The van der Waals surface area contributed by atoms with Gasteiger partial charge in [0.2, 0.25) is 0 Å². The maximum absolute atomic E-state index is 5.38. The fourth-order valence-electron chi connectivity index (χ4n) is 0.225. The molecule has 0 aliphatic heterocycles. The van der Waals surface area contributed by atoms with E-state index in [0.717, 1.165) is 0 Å². The molecule has 0 aromatic carbocycles. The largest absolute Gasteiger partial charge is 0.357 e. The van der Waals surface area contributed by atoms with Crippen LogP contribution in [0.15, 0.2) is 4.99 Å². The molecule has 0 saturated heterocycles. The van der Waals surface area contributed by atoms with Crippen molar-refractivity contribution < 1.29 is 4.58 Å². The highest BCUT2D eigenvalue weighted by Crippen LogP contribution is 1.87. The molecule has 2 N–H and O–H groups in total. The van der Waals surface area contributed by atoms with Crippen molar-refractivity contribution in [3.63, 3.8) is 0 Å². The van der Waals surface area contributed by atoms with E-state index < -0.39 is 0 Å². The SMILES string of the molecule is CSC(N)=NC=[N+](C)C. The van der Waals surface area contributed by atoms with Gasteiger partial charge in [0.05, 0.1) is 14.1 Å². The normalized spacial score (nSPS) is 11.2. The summed E-state index contributed by atoms with van der Waals surface area (Å²) in [5.41, 5.74) is 5.38. The van der Waals surface area contributed by atoms with Crippen molar-refractivity contribution >= 4 is 23.3 Å². The number of hydrogen-bond acceptors (Lipinski definition) is 1. The molecular weight excluding hydrogens is 134 g/mol. The summed E-state index contributed by atoms with van der Waals surface area (Å²) in [6, 6.07) is 0. The summed E-state index contributed by atoms with van der Waals surface area (Å²) < 4.78 is 1.84. The first-order valence-electron chi connectivity index (χ1n) is 2.54. The van der Waals surface area contributed by atoms with Crippen molar-refractivity contribution in [1.29, 1.82) is 0 Å². The van der Waals surface area contributed by atoms with Gasteiger partial charge in [0.1, 0.15) is 0 Å². The molecule has 0 heterocycles. The van der Waals surface area contributed by atoms with Gasteiger partial charge in [-0.2, -0.15) is 0 Å². The fourth-order valence-corrected chi connectivity index (χ4v) is 0.378. The Hall–Kier alpha value is -0.510. The Morgan fingerprint density at radius 1 is 1.67 bits per heavy atom. The van der Waals surface area contributed by atoms with E-state index in [1.807, 2.05) is 24.9 Å². The number of amidine groups is 1. The summed E-state index contributed by atoms with van der Waals surface area (Å²) >= 11 is 1.44. The fraction of sp³-hybridized carbons (Fsp3) is 0.600. The van der Waals surface area contributed by atoms with Gasteiger partial charge in [0.15, 0.2) is 0 Å². The Bertz CT molecular complexity index is 135. The molecule has 3 nitrogen and oxygen atoms in total. The van der Waals surface area contributed by atoms with Crippen LogP contribution in [0.4, 0.5) is 0 Å². The van der Waals surface area contributed by atoms with Crippen LogP contribution in [0.3, 0.4) is 0 Å². The van der Waals surface area contributed by atoms with Gasteiger partial charge in [-0.25, -0.2) is 0 Å². The first-order chi connectivity index (χ1) is 4.16. The Morgan fingerprint density at radius 2 is 2.22 bits per heavy atom. The van der Waals surface area contributed by atoms with Crippen LogP contribution in [0.1, 0.15) is 0 Å². The van der Waals surface area contributed by atoms with Crippen LogP contribution in [0, 0.1) is 0 Å². The molecule has 0 radical (unpaired) electrons. The van der Waals surface area contributed by atoms with Gasteiger partial charge in [0.25, 0.3) is 11.5 Å². The molecule has 0 aliphatic carbocycles. The zero-order valence-corrected chi connectivity index (χ0v) is 6.77. The highest BCUT2D eigenvalue weighted by atomic mass is 32.2. The highest BCUT2D eigenvalue weighted by Gasteiger charge is 1.90. The molecular formula is C5H12N3S+. The van der Waals surface area contributed by atoms with Crippen LogP contribution in [0.5, 0.6) is 0 Å². The van der Waals surface area contributed by atoms with Crippen molar-refractivity contribution in [2.24, 2.45) is 10.7 Å². The van der Waals surface area contributed by atoms with E-state index in [2.05, 4.69) is 4.99 Å². The minimum atomic E-state index is 0.587. The molecule has 9 heavy (non-hydrogen) atoms. The summed E-state index contributed by atoms with van der Waals surface area (Å²) in [4.78, 5) is 3.90. The van der Waals surface area contributed by atoms with E-state index >= 15 is 0 Å². The summed E-state index contributed by atoms with van der Waals surface area (Å²) in [6.45, 7) is 0. The Labute approximate surface area is 59.7 Å². The van der Waals surface area contributed by atoms with Gasteiger partial charge < -0.3 is 5.73 Å². The van der Waals surface area contributed by atoms with Crippen LogP contribution < -0.4 is 5.73 Å². The monoisotopic (exact) mass is 146 g/mol. The van der Waals surface area contributed by atoms with Crippen molar-refractivity contribution in [2.75, 3.05) is 20.4 Å². The van der Waals surface area contributed by atoms with Crippen LogP contribution in [0.25, 0.3) is 0 Å². The maximum atomic E-state index is 5.38. The van der Waals surface area contributed by atoms with Crippen LogP contribution >= 0.6 is 11.8 Å². The molecule has 4 heteroatoms. The van der Waals surface area contributed by atoms with Crippen LogP contribution in [0.2, 0.25) is 0 Å². The second-order valence-corrected chi connectivity index (χ2v) is 2.58. The van der Waals surface area contributed by atoms with Crippen molar-refractivity contribution in [1.82, 2.24) is 0 Å². The summed E-state index contributed by atoms with van der Waals surface area (Å²) in [5.74, 6) is 0. The predicted molar refractivity (Wildman–Crippen MR) is 43.3 cm³/mol. The minimum Gasteiger partial charge on any atom is -0.357 e. The topological polar surface area (TPSA) is 41.4 Å². The Balaban J connectivity index is 3.83. The Morgan fingerprint density at radius 3 is 2.56 bits per heavy atom. The molecule has 0 amide bonds. The zero-order valence-electron chi connectivity index (χ0n) is 5.96. The third-order valence-corrected chi connectivity index (χ3v) is 1.15. The molecule has 0 unspecified atom stereocenters. The molecule has 0 fully saturated rings. The van der Waals surface area contributed by atoms with Gasteiger partial charge in [-0.15, -0.1) is 0 Å². The van der Waals surface area contributed by atoms with Gasteiger partial charge in [-0.3, -0.25) is 4.58 Å². The van der Waals surface area contributed by atoms with E-state index in [0.29, 0.717) is 5.17 Å². The first kappa shape index (κ1) is 8.49. The van der Waals surface area contributed by atoms with E-state index in [1.54, 1.807) is 6.34 Å². The van der Waals surface area contributed by atoms with E-state index in [-0.39, 0.29) is 0 Å². The molecule has 0 saturated carbocycles. The average Bonchev–Trinajstić information content (AvgIpc) is 1.83. The summed E-state index contributed by atoms with van der Waals surface area (Å²) in [7, 11) is 3.80.